The van der Waals surface area contributed by atoms with Crippen molar-refractivity contribution in [2.45, 2.75) is 6.92 Å². The van der Waals surface area contributed by atoms with Crippen molar-refractivity contribution in [1.29, 1.82) is 0 Å². The van der Waals surface area contributed by atoms with Crippen molar-refractivity contribution in [3.8, 4) is 0 Å². The highest BCUT2D eigenvalue weighted by molar-refractivity contribution is 5.97. The average Bonchev–Trinajstić information content (AvgIpc) is 2.18. The summed E-state index contributed by atoms with van der Waals surface area (Å²) in [5.41, 5.74) is 2.20. The number of hydrogen-bond acceptors (Lipinski definition) is 3. The van der Waals surface area contributed by atoms with Gasteiger partial charge in [-0.05, 0) is 24.6 Å². The largest absolute Gasteiger partial charge is 0.377 e. The number of ketones is 1. The van der Waals surface area contributed by atoms with Crippen molar-refractivity contribution in [1.82, 2.24) is 4.98 Å². The highest BCUT2D eigenvalue weighted by atomic mass is 16.5. The number of aromatic nitrogens is 1. The number of methoxy groups -OCH3 is 1. The van der Waals surface area contributed by atoms with E-state index in [-0.39, 0.29) is 12.4 Å². The molecule has 0 aliphatic rings. The maximum atomic E-state index is 11.4. The van der Waals surface area contributed by atoms with Crippen molar-refractivity contribution >= 4 is 11.4 Å². The third kappa shape index (κ3) is 2.50. The first kappa shape index (κ1) is 10.6. The van der Waals surface area contributed by atoms with E-state index in [9.17, 15) is 4.79 Å². The number of rotatable bonds is 4. The van der Waals surface area contributed by atoms with Crippen LogP contribution in [0.15, 0.2) is 24.9 Å². The van der Waals surface area contributed by atoms with E-state index in [2.05, 4.69) is 11.6 Å². The Labute approximate surface area is 83.4 Å². The minimum absolute atomic E-state index is 0.0441. The molecule has 74 valence electrons. The summed E-state index contributed by atoms with van der Waals surface area (Å²) in [4.78, 5) is 15.5. The van der Waals surface area contributed by atoms with Gasteiger partial charge in [0.1, 0.15) is 6.61 Å². The maximum absolute atomic E-state index is 11.4. The second-order valence-electron chi connectivity index (χ2n) is 3.07. The minimum atomic E-state index is -0.0441. The van der Waals surface area contributed by atoms with E-state index < -0.39 is 0 Å². The Kier molecular flexibility index (Phi) is 3.54. The van der Waals surface area contributed by atoms with Crippen molar-refractivity contribution in [2.24, 2.45) is 0 Å². The third-order valence-electron chi connectivity index (χ3n) is 1.79. The van der Waals surface area contributed by atoms with Gasteiger partial charge in [-0.3, -0.25) is 9.78 Å². The molecule has 0 atom stereocenters. The Morgan fingerprint density at radius 3 is 2.93 bits per heavy atom. The molecule has 1 aromatic rings. The van der Waals surface area contributed by atoms with Gasteiger partial charge in [0.25, 0.3) is 0 Å². The molecule has 0 amide bonds. The summed E-state index contributed by atoms with van der Waals surface area (Å²) >= 11 is 0. The highest BCUT2D eigenvalue weighted by Crippen LogP contribution is 2.10. The van der Waals surface area contributed by atoms with Gasteiger partial charge in [0.05, 0.1) is 5.69 Å². The molecule has 1 heterocycles. The molecule has 0 fully saturated rings. The van der Waals surface area contributed by atoms with Gasteiger partial charge in [0, 0.05) is 18.9 Å². The number of hydrogen-bond donors (Lipinski definition) is 0. The molecule has 0 radical (unpaired) electrons. The van der Waals surface area contributed by atoms with E-state index in [0.29, 0.717) is 5.56 Å². The zero-order chi connectivity index (χ0) is 10.6. The molecule has 0 aromatic carbocycles. The Balaban J connectivity index is 2.93. The fourth-order valence-electron chi connectivity index (χ4n) is 1.05. The van der Waals surface area contributed by atoms with Crippen LogP contribution >= 0.6 is 0 Å². The lowest BCUT2D eigenvalue weighted by Crippen LogP contribution is -2.07. The van der Waals surface area contributed by atoms with Gasteiger partial charge >= 0.3 is 0 Å². The van der Waals surface area contributed by atoms with Crippen LogP contribution in [0.4, 0.5) is 0 Å². The molecule has 0 unspecified atom stereocenters. The molecule has 0 spiro atoms. The number of ether oxygens (including phenoxy) is 1. The topological polar surface area (TPSA) is 39.2 Å². The van der Waals surface area contributed by atoms with E-state index in [0.717, 1.165) is 11.3 Å². The summed E-state index contributed by atoms with van der Waals surface area (Å²) in [5, 5.41) is 0. The lowest BCUT2D eigenvalue weighted by Gasteiger charge is -2.02. The monoisotopic (exact) mass is 191 g/mol. The van der Waals surface area contributed by atoms with Crippen LogP contribution in [0.2, 0.25) is 0 Å². The molecule has 1 rings (SSSR count). The van der Waals surface area contributed by atoms with Crippen molar-refractivity contribution in [3.63, 3.8) is 0 Å². The fraction of sp³-hybridized carbons (Fsp3) is 0.273. The van der Waals surface area contributed by atoms with Crippen LogP contribution in [0.5, 0.6) is 0 Å². The van der Waals surface area contributed by atoms with Gasteiger partial charge in [-0.1, -0.05) is 6.58 Å². The minimum Gasteiger partial charge on any atom is -0.377 e. The third-order valence-corrected chi connectivity index (χ3v) is 1.79. The predicted molar refractivity (Wildman–Crippen MR) is 55.2 cm³/mol. The second-order valence-corrected chi connectivity index (χ2v) is 3.07. The molecule has 0 saturated heterocycles. The van der Waals surface area contributed by atoms with Crippen LogP contribution < -0.4 is 0 Å². The first-order chi connectivity index (χ1) is 6.65. The molecular weight excluding hydrogens is 178 g/mol. The molecule has 0 aliphatic heterocycles. The van der Waals surface area contributed by atoms with Crippen molar-refractivity contribution < 1.29 is 9.53 Å². The van der Waals surface area contributed by atoms with E-state index in [1.165, 1.54) is 7.11 Å². The predicted octanol–water partition coefficient (Wildman–Crippen LogP) is 1.94. The van der Waals surface area contributed by atoms with Crippen LogP contribution in [0.25, 0.3) is 5.57 Å². The maximum Gasteiger partial charge on any atom is 0.188 e. The van der Waals surface area contributed by atoms with Gasteiger partial charge in [-0.25, -0.2) is 0 Å². The summed E-state index contributed by atoms with van der Waals surface area (Å²) in [5.74, 6) is -0.0441. The lowest BCUT2D eigenvalue weighted by molar-refractivity contribution is 0.0848. The molecule has 0 saturated carbocycles. The van der Waals surface area contributed by atoms with E-state index in [4.69, 9.17) is 4.74 Å². The van der Waals surface area contributed by atoms with Gasteiger partial charge in [0.2, 0.25) is 0 Å². The average molecular weight is 191 g/mol. The van der Waals surface area contributed by atoms with E-state index in [1.807, 2.05) is 6.92 Å². The highest BCUT2D eigenvalue weighted by Gasteiger charge is 2.06. The quantitative estimate of drug-likeness (QED) is 0.683. The number of carbonyl (C=O) groups is 1. The van der Waals surface area contributed by atoms with Crippen molar-refractivity contribution in [2.75, 3.05) is 13.7 Å². The standard InChI is InChI=1S/C11H13NO2/c1-8(2)10-6-9(4-5-12-10)11(13)7-14-3/h4-6H,1,7H2,2-3H3. The zero-order valence-corrected chi connectivity index (χ0v) is 8.41. The molecule has 0 N–H and O–H groups in total. The summed E-state index contributed by atoms with van der Waals surface area (Å²) in [6, 6.07) is 3.40. The Morgan fingerprint density at radius 2 is 2.36 bits per heavy atom. The van der Waals surface area contributed by atoms with E-state index >= 15 is 0 Å². The van der Waals surface area contributed by atoms with E-state index in [1.54, 1.807) is 18.3 Å². The number of pyridine rings is 1. The number of Topliss-reactive ketones (excluding diaryl/α,β-unsaturated/α-hetero) is 1. The molecule has 14 heavy (non-hydrogen) atoms. The summed E-state index contributed by atoms with van der Waals surface area (Å²) in [6.45, 7) is 5.72. The lowest BCUT2D eigenvalue weighted by atomic mass is 10.1. The smallest absolute Gasteiger partial charge is 0.188 e. The van der Waals surface area contributed by atoms with Gasteiger partial charge in [0.15, 0.2) is 5.78 Å². The molecule has 0 aliphatic carbocycles. The van der Waals surface area contributed by atoms with Crippen LogP contribution in [-0.2, 0) is 4.74 Å². The molecule has 3 nitrogen and oxygen atoms in total. The number of allylic oxidation sites excluding steroid dienone is 1. The summed E-state index contributed by atoms with van der Waals surface area (Å²) < 4.78 is 4.77. The first-order valence-electron chi connectivity index (χ1n) is 4.29. The normalized spacial score (nSPS) is 9.86. The Bertz CT molecular complexity index is 358. The fourth-order valence-corrected chi connectivity index (χ4v) is 1.05. The van der Waals surface area contributed by atoms with Gasteiger partial charge < -0.3 is 4.74 Å². The Hall–Kier alpha value is -1.48. The van der Waals surface area contributed by atoms with Crippen LogP contribution in [-0.4, -0.2) is 24.5 Å². The SMILES string of the molecule is C=C(C)c1cc(C(=O)COC)ccn1. The number of carbonyl (C=O) groups excluding carboxylic acids is 1. The van der Waals surface area contributed by atoms with Crippen LogP contribution in [0.1, 0.15) is 23.0 Å². The van der Waals surface area contributed by atoms with Crippen molar-refractivity contribution in [3.05, 3.63) is 36.2 Å². The molecule has 3 heteroatoms. The Morgan fingerprint density at radius 1 is 1.64 bits per heavy atom. The van der Waals surface area contributed by atoms with Gasteiger partial charge in [-0.2, -0.15) is 0 Å². The molecule has 1 aromatic heterocycles. The zero-order valence-electron chi connectivity index (χ0n) is 8.41. The first-order valence-corrected chi connectivity index (χ1v) is 4.29. The van der Waals surface area contributed by atoms with Gasteiger partial charge in [-0.15, -0.1) is 0 Å². The molecular formula is C11H13NO2. The number of nitrogens with zero attached hydrogens (tertiary/aromatic N) is 1. The second kappa shape index (κ2) is 4.67. The van der Waals surface area contributed by atoms with Crippen LogP contribution in [0, 0.1) is 0 Å². The summed E-state index contributed by atoms with van der Waals surface area (Å²) in [7, 11) is 1.50. The molecule has 0 bridgehead atoms. The van der Waals surface area contributed by atoms with Crippen LogP contribution in [0.3, 0.4) is 0 Å². The summed E-state index contributed by atoms with van der Waals surface area (Å²) in [6.07, 6.45) is 1.60.